The van der Waals surface area contributed by atoms with Crippen LogP contribution >= 0.6 is 11.8 Å². The minimum Gasteiger partial charge on any atom is -0.496 e. The molecule has 0 saturated heterocycles. The molecule has 0 atom stereocenters. The predicted molar refractivity (Wildman–Crippen MR) is 85.9 cm³/mol. The summed E-state index contributed by atoms with van der Waals surface area (Å²) in [7, 11) is 1.62. The largest absolute Gasteiger partial charge is 0.496 e. The quantitative estimate of drug-likeness (QED) is 0.729. The smallest absolute Gasteiger partial charge is 0.230 e. The van der Waals surface area contributed by atoms with Crippen LogP contribution in [0.25, 0.3) is 0 Å². The molecule has 0 saturated carbocycles. The molecule has 0 aliphatic heterocycles. The molecule has 1 aromatic heterocycles. The summed E-state index contributed by atoms with van der Waals surface area (Å²) in [6.45, 7) is 2.53. The third kappa shape index (κ3) is 4.77. The molecule has 0 aliphatic rings. The predicted octanol–water partition coefficient (Wildman–Crippen LogP) is 2.17. The number of benzene rings is 1. The average molecular weight is 320 g/mol. The van der Waals surface area contributed by atoms with Crippen molar-refractivity contribution < 1.29 is 9.53 Å². The van der Waals surface area contributed by atoms with Crippen molar-refractivity contribution in [3.63, 3.8) is 0 Å². The van der Waals surface area contributed by atoms with E-state index in [2.05, 4.69) is 27.4 Å². The van der Waals surface area contributed by atoms with Crippen molar-refractivity contribution in [3.05, 3.63) is 35.7 Å². The Morgan fingerprint density at radius 1 is 1.41 bits per heavy atom. The van der Waals surface area contributed by atoms with Gasteiger partial charge in [-0.1, -0.05) is 36.9 Å². The summed E-state index contributed by atoms with van der Waals surface area (Å²) in [6.07, 6.45) is 1.88. The highest BCUT2D eigenvalue weighted by atomic mass is 32.2. The maximum atomic E-state index is 11.9. The molecule has 0 bridgehead atoms. The number of ether oxygens (including phenoxy) is 1. The number of nitrogens with zero attached hydrogens (tertiary/aromatic N) is 2. The van der Waals surface area contributed by atoms with Gasteiger partial charge in [-0.3, -0.25) is 9.89 Å². The van der Waals surface area contributed by atoms with Crippen molar-refractivity contribution in [1.82, 2.24) is 20.5 Å². The second-order valence-corrected chi connectivity index (χ2v) is 5.63. The molecular weight excluding hydrogens is 300 g/mol. The first-order valence-corrected chi connectivity index (χ1v) is 8.14. The van der Waals surface area contributed by atoms with Crippen LogP contribution in [-0.2, 0) is 17.8 Å². The summed E-state index contributed by atoms with van der Waals surface area (Å²) in [5.41, 5.74) is 0.950. The summed E-state index contributed by atoms with van der Waals surface area (Å²) in [4.78, 5) is 16.2. The van der Waals surface area contributed by atoms with Gasteiger partial charge in [-0.15, -0.1) is 5.10 Å². The van der Waals surface area contributed by atoms with Crippen LogP contribution in [0.5, 0.6) is 5.75 Å². The standard InChI is InChI=1S/C15H20N4O2S/c1-3-6-13-17-15(19-18-13)22-10-14(20)16-9-11-7-4-5-8-12(11)21-2/h4-5,7-8H,3,6,9-10H2,1-2H3,(H,16,20)(H,17,18,19). The number of aryl methyl sites for hydroxylation is 1. The Kier molecular flexibility index (Phi) is 6.27. The van der Waals surface area contributed by atoms with E-state index >= 15 is 0 Å². The van der Waals surface area contributed by atoms with E-state index in [9.17, 15) is 4.79 Å². The van der Waals surface area contributed by atoms with Crippen LogP contribution in [0.3, 0.4) is 0 Å². The monoisotopic (exact) mass is 320 g/mol. The third-order valence-corrected chi connectivity index (χ3v) is 3.85. The Morgan fingerprint density at radius 3 is 3.00 bits per heavy atom. The molecule has 1 amide bonds. The molecule has 2 N–H and O–H groups in total. The Hall–Kier alpha value is -2.02. The fraction of sp³-hybridized carbons (Fsp3) is 0.400. The molecule has 22 heavy (non-hydrogen) atoms. The van der Waals surface area contributed by atoms with E-state index in [1.807, 2.05) is 24.3 Å². The van der Waals surface area contributed by atoms with Crippen molar-refractivity contribution >= 4 is 17.7 Å². The van der Waals surface area contributed by atoms with Gasteiger partial charge >= 0.3 is 0 Å². The Balaban J connectivity index is 1.78. The first-order valence-electron chi connectivity index (χ1n) is 7.15. The molecule has 0 unspecified atom stereocenters. The molecule has 0 fully saturated rings. The maximum absolute atomic E-state index is 11.9. The number of aromatic amines is 1. The number of para-hydroxylation sites is 1. The number of carbonyl (C=O) groups excluding carboxylic acids is 1. The van der Waals surface area contributed by atoms with Gasteiger partial charge in [0.05, 0.1) is 12.9 Å². The molecule has 1 aromatic carbocycles. The second kappa shape index (κ2) is 8.43. The number of hydrogen-bond acceptors (Lipinski definition) is 5. The van der Waals surface area contributed by atoms with Crippen molar-refractivity contribution in [1.29, 1.82) is 0 Å². The number of hydrogen-bond donors (Lipinski definition) is 2. The van der Waals surface area contributed by atoms with Crippen molar-refractivity contribution in [2.75, 3.05) is 12.9 Å². The molecule has 2 aromatic rings. The van der Waals surface area contributed by atoms with Crippen LogP contribution in [0.1, 0.15) is 24.7 Å². The molecule has 7 heteroatoms. The summed E-state index contributed by atoms with van der Waals surface area (Å²) in [5.74, 6) is 1.87. The maximum Gasteiger partial charge on any atom is 0.230 e. The zero-order valence-electron chi connectivity index (χ0n) is 12.8. The number of thioether (sulfide) groups is 1. The number of nitrogens with one attached hydrogen (secondary N) is 2. The lowest BCUT2D eigenvalue weighted by Gasteiger charge is -2.08. The molecule has 118 valence electrons. The van der Waals surface area contributed by atoms with Crippen LogP contribution in [0, 0.1) is 0 Å². The van der Waals surface area contributed by atoms with E-state index in [-0.39, 0.29) is 5.91 Å². The average Bonchev–Trinajstić information content (AvgIpc) is 2.99. The van der Waals surface area contributed by atoms with Gasteiger partial charge in [0.2, 0.25) is 11.1 Å². The van der Waals surface area contributed by atoms with Gasteiger partial charge < -0.3 is 10.1 Å². The van der Waals surface area contributed by atoms with E-state index in [4.69, 9.17) is 4.74 Å². The highest BCUT2D eigenvalue weighted by Gasteiger charge is 2.08. The summed E-state index contributed by atoms with van der Waals surface area (Å²) in [6, 6.07) is 7.62. The van der Waals surface area contributed by atoms with Crippen LogP contribution in [0.15, 0.2) is 29.4 Å². The number of H-pyrrole nitrogens is 1. The lowest BCUT2D eigenvalue weighted by molar-refractivity contribution is -0.118. The van der Waals surface area contributed by atoms with Crippen LogP contribution in [0.2, 0.25) is 0 Å². The van der Waals surface area contributed by atoms with Gasteiger partial charge in [-0.2, -0.15) is 0 Å². The fourth-order valence-electron chi connectivity index (χ4n) is 1.91. The third-order valence-electron chi connectivity index (χ3n) is 3.00. The van der Waals surface area contributed by atoms with E-state index in [0.717, 1.165) is 30.0 Å². The lowest BCUT2D eigenvalue weighted by atomic mass is 10.2. The number of methoxy groups -OCH3 is 1. The minimum atomic E-state index is -0.0576. The number of carbonyl (C=O) groups is 1. The first-order chi connectivity index (χ1) is 10.7. The van der Waals surface area contributed by atoms with Crippen molar-refractivity contribution in [2.45, 2.75) is 31.5 Å². The van der Waals surface area contributed by atoms with E-state index in [0.29, 0.717) is 17.5 Å². The Bertz CT molecular complexity index is 615. The Labute approximate surface area is 134 Å². The lowest BCUT2D eigenvalue weighted by Crippen LogP contribution is -2.24. The highest BCUT2D eigenvalue weighted by Crippen LogP contribution is 2.17. The van der Waals surface area contributed by atoms with Gasteiger partial charge in [-0.05, 0) is 12.5 Å². The fourth-order valence-corrected chi connectivity index (χ4v) is 2.56. The topological polar surface area (TPSA) is 79.9 Å². The molecule has 0 aliphatic carbocycles. The second-order valence-electron chi connectivity index (χ2n) is 4.69. The summed E-state index contributed by atoms with van der Waals surface area (Å²) >= 11 is 1.32. The molecule has 0 radical (unpaired) electrons. The molecular formula is C15H20N4O2S. The van der Waals surface area contributed by atoms with Crippen molar-refractivity contribution in [3.8, 4) is 5.75 Å². The number of amides is 1. The molecule has 6 nitrogen and oxygen atoms in total. The molecule has 2 rings (SSSR count). The molecule has 1 heterocycles. The summed E-state index contributed by atoms with van der Waals surface area (Å²) in [5, 5.41) is 10.4. The SMILES string of the molecule is CCCc1nc(SCC(=O)NCc2ccccc2OC)n[nH]1. The van der Waals surface area contributed by atoms with Crippen LogP contribution in [0.4, 0.5) is 0 Å². The van der Waals surface area contributed by atoms with Gasteiger partial charge in [0, 0.05) is 18.5 Å². The highest BCUT2D eigenvalue weighted by molar-refractivity contribution is 7.99. The van der Waals surface area contributed by atoms with Gasteiger partial charge in [0.15, 0.2) is 0 Å². The zero-order chi connectivity index (χ0) is 15.8. The number of rotatable bonds is 8. The first kappa shape index (κ1) is 16.4. The van der Waals surface area contributed by atoms with E-state index < -0.39 is 0 Å². The van der Waals surface area contributed by atoms with Crippen molar-refractivity contribution in [2.24, 2.45) is 0 Å². The van der Waals surface area contributed by atoms with E-state index in [1.54, 1.807) is 7.11 Å². The van der Waals surface area contributed by atoms with Crippen LogP contribution < -0.4 is 10.1 Å². The normalized spacial score (nSPS) is 10.5. The van der Waals surface area contributed by atoms with Gasteiger partial charge in [0.25, 0.3) is 0 Å². The van der Waals surface area contributed by atoms with E-state index in [1.165, 1.54) is 11.8 Å². The zero-order valence-corrected chi connectivity index (χ0v) is 13.6. The molecule has 0 spiro atoms. The van der Waals surface area contributed by atoms with Gasteiger partial charge in [0.1, 0.15) is 11.6 Å². The number of aromatic nitrogens is 3. The Morgan fingerprint density at radius 2 is 2.23 bits per heavy atom. The summed E-state index contributed by atoms with van der Waals surface area (Å²) < 4.78 is 5.25. The van der Waals surface area contributed by atoms with Crippen LogP contribution in [-0.4, -0.2) is 34.0 Å². The van der Waals surface area contributed by atoms with Gasteiger partial charge in [-0.25, -0.2) is 4.98 Å². The minimum absolute atomic E-state index is 0.0576.